The van der Waals surface area contributed by atoms with Gasteiger partial charge in [-0.2, -0.15) is 5.10 Å². The third-order valence-electron chi connectivity index (χ3n) is 5.20. The molecule has 8 nitrogen and oxygen atoms in total. The van der Waals surface area contributed by atoms with Gasteiger partial charge in [-0.25, -0.2) is 0 Å². The lowest BCUT2D eigenvalue weighted by molar-refractivity contribution is -0.141. The van der Waals surface area contributed by atoms with Gasteiger partial charge in [0, 0.05) is 11.4 Å². The van der Waals surface area contributed by atoms with E-state index in [4.69, 9.17) is 4.74 Å². The van der Waals surface area contributed by atoms with Crippen LogP contribution in [0.3, 0.4) is 0 Å². The number of esters is 1. The minimum atomic E-state index is -0.532. The van der Waals surface area contributed by atoms with Crippen LogP contribution in [0.2, 0.25) is 0 Å². The Labute approximate surface area is 189 Å². The van der Waals surface area contributed by atoms with Gasteiger partial charge in [-0.3, -0.25) is 19.3 Å². The number of carbonyl (C=O) groups excluding carboxylic acids is 3. The number of imide groups is 1. The zero-order chi connectivity index (χ0) is 22.7. The molecule has 9 heteroatoms. The molecule has 0 bridgehead atoms. The van der Waals surface area contributed by atoms with Crippen molar-refractivity contribution >= 4 is 46.1 Å². The van der Waals surface area contributed by atoms with Crippen LogP contribution < -0.4 is 4.90 Å². The quantitative estimate of drug-likeness (QED) is 0.496. The molecule has 0 N–H and O–H groups in total. The van der Waals surface area contributed by atoms with Gasteiger partial charge >= 0.3 is 5.97 Å². The van der Waals surface area contributed by atoms with Crippen LogP contribution in [0, 0.1) is 0 Å². The van der Waals surface area contributed by atoms with Gasteiger partial charge in [-0.1, -0.05) is 42.1 Å². The second-order valence-electron chi connectivity index (χ2n) is 7.19. The second kappa shape index (κ2) is 9.35. The minimum Gasteiger partial charge on any atom is -0.465 e. The number of para-hydroxylation sites is 1. The Kier molecular flexibility index (Phi) is 6.36. The highest BCUT2D eigenvalue weighted by atomic mass is 32.2. The zero-order valence-corrected chi connectivity index (χ0v) is 18.5. The third-order valence-corrected chi connectivity index (χ3v) is 6.20. The number of anilines is 1. The van der Waals surface area contributed by atoms with Gasteiger partial charge in [-0.15, -0.1) is 5.10 Å². The van der Waals surface area contributed by atoms with Gasteiger partial charge in [-0.05, 0) is 38.1 Å². The molecule has 0 fully saturated rings. The van der Waals surface area contributed by atoms with Gasteiger partial charge in [0.1, 0.15) is 6.54 Å². The zero-order valence-electron chi connectivity index (χ0n) is 17.7. The van der Waals surface area contributed by atoms with Crippen molar-refractivity contribution in [3.8, 4) is 0 Å². The number of hydrogen-bond donors (Lipinski definition) is 0. The first-order chi connectivity index (χ1) is 15.5. The first-order valence-corrected chi connectivity index (χ1v) is 11.2. The number of amides is 2. The van der Waals surface area contributed by atoms with E-state index >= 15 is 0 Å². The van der Waals surface area contributed by atoms with Crippen molar-refractivity contribution in [1.82, 2.24) is 4.90 Å². The number of thioether (sulfide) groups is 1. The standard InChI is InChI=1S/C23H22N4O4S/c1-3-31-20(28)13-26(16-9-5-4-6-10-16)23-25-24-19(14-32-23)15(2)27-21(29)17-11-7-8-12-18(17)22(27)30/h4-12,15H,3,13-14H2,1-2H3. The molecule has 2 heterocycles. The fourth-order valence-corrected chi connectivity index (χ4v) is 4.56. The second-order valence-corrected chi connectivity index (χ2v) is 8.13. The fourth-order valence-electron chi connectivity index (χ4n) is 3.56. The molecule has 32 heavy (non-hydrogen) atoms. The fraction of sp³-hybridized carbons (Fsp3) is 0.261. The number of amidine groups is 1. The predicted molar refractivity (Wildman–Crippen MR) is 124 cm³/mol. The first-order valence-electron chi connectivity index (χ1n) is 10.2. The summed E-state index contributed by atoms with van der Waals surface area (Å²) in [5.41, 5.74) is 2.21. The van der Waals surface area contributed by atoms with Crippen LogP contribution in [0.15, 0.2) is 64.8 Å². The van der Waals surface area contributed by atoms with Crippen molar-refractivity contribution < 1.29 is 19.1 Å². The van der Waals surface area contributed by atoms with Crippen molar-refractivity contribution in [3.05, 3.63) is 65.7 Å². The van der Waals surface area contributed by atoms with E-state index in [-0.39, 0.29) is 24.3 Å². The molecule has 2 amide bonds. The maximum Gasteiger partial charge on any atom is 0.326 e. The average Bonchev–Trinajstić information content (AvgIpc) is 3.08. The maximum atomic E-state index is 12.8. The molecule has 2 aromatic carbocycles. The lowest BCUT2D eigenvalue weighted by Crippen LogP contribution is -2.45. The molecule has 0 saturated carbocycles. The van der Waals surface area contributed by atoms with Gasteiger partial charge in [0.25, 0.3) is 11.8 Å². The van der Waals surface area contributed by atoms with Gasteiger partial charge < -0.3 is 9.64 Å². The Morgan fingerprint density at radius 1 is 1.06 bits per heavy atom. The summed E-state index contributed by atoms with van der Waals surface area (Å²) < 4.78 is 5.10. The van der Waals surface area contributed by atoms with Crippen molar-refractivity contribution in [2.45, 2.75) is 19.9 Å². The Morgan fingerprint density at radius 3 is 2.25 bits per heavy atom. The summed E-state index contributed by atoms with van der Waals surface area (Å²) in [5.74, 6) is -0.587. The molecule has 164 valence electrons. The Balaban J connectivity index is 1.57. The number of hydrogen-bond acceptors (Lipinski definition) is 8. The normalized spacial score (nSPS) is 16.2. The lowest BCUT2D eigenvalue weighted by Gasteiger charge is -2.28. The Morgan fingerprint density at radius 2 is 1.69 bits per heavy atom. The van der Waals surface area contributed by atoms with E-state index in [1.165, 1.54) is 16.7 Å². The summed E-state index contributed by atoms with van der Waals surface area (Å²) in [5, 5.41) is 9.20. The molecular weight excluding hydrogens is 428 g/mol. The molecule has 4 rings (SSSR count). The summed E-state index contributed by atoms with van der Waals surface area (Å²) in [7, 11) is 0. The SMILES string of the molecule is CCOC(=O)CN(C1=NN=C(C(C)N2C(=O)c3ccccc3C2=O)CS1)c1ccccc1. The van der Waals surface area contributed by atoms with Crippen LogP contribution in [-0.2, 0) is 9.53 Å². The van der Waals surface area contributed by atoms with E-state index in [2.05, 4.69) is 10.2 Å². The third kappa shape index (κ3) is 4.16. The monoisotopic (exact) mass is 450 g/mol. The van der Waals surface area contributed by atoms with Crippen LogP contribution in [0.5, 0.6) is 0 Å². The van der Waals surface area contributed by atoms with Gasteiger partial charge in [0.05, 0.1) is 29.5 Å². The Bertz CT molecular complexity index is 1080. The number of carbonyl (C=O) groups is 3. The summed E-state index contributed by atoms with van der Waals surface area (Å²) in [6.07, 6.45) is 0. The van der Waals surface area contributed by atoms with E-state index in [0.29, 0.717) is 34.4 Å². The minimum absolute atomic E-state index is 0.00248. The molecule has 0 aromatic heterocycles. The molecule has 0 spiro atoms. The number of ether oxygens (including phenoxy) is 1. The predicted octanol–water partition coefficient (Wildman–Crippen LogP) is 3.20. The summed E-state index contributed by atoms with van der Waals surface area (Å²) in [4.78, 5) is 40.7. The van der Waals surface area contributed by atoms with Crippen molar-refractivity contribution in [2.75, 3.05) is 23.8 Å². The summed E-state index contributed by atoms with van der Waals surface area (Å²) in [6, 6.07) is 15.7. The van der Waals surface area contributed by atoms with Gasteiger partial charge in [0.2, 0.25) is 0 Å². The van der Waals surface area contributed by atoms with E-state index < -0.39 is 6.04 Å². The average molecular weight is 451 g/mol. The van der Waals surface area contributed by atoms with Crippen LogP contribution in [0.4, 0.5) is 5.69 Å². The highest BCUT2D eigenvalue weighted by molar-refractivity contribution is 8.14. The summed E-state index contributed by atoms with van der Waals surface area (Å²) >= 11 is 1.40. The van der Waals surface area contributed by atoms with E-state index in [0.717, 1.165) is 5.69 Å². The molecule has 2 aromatic rings. The van der Waals surface area contributed by atoms with Crippen molar-refractivity contribution in [2.24, 2.45) is 10.2 Å². The van der Waals surface area contributed by atoms with Crippen molar-refractivity contribution in [1.29, 1.82) is 0 Å². The molecule has 2 aliphatic rings. The van der Waals surface area contributed by atoms with E-state index in [1.807, 2.05) is 30.3 Å². The van der Waals surface area contributed by atoms with Crippen LogP contribution in [0.25, 0.3) is 0 Å². The molecule has 1 unspecified atom stereocenters. The van der Waals surface area contributed by atoms with Crippen LogP contribution >= 0.6 is 11.8 Å². The molecule has 1 atom stereocenters. The van der Waals surface area contributed by atoms with E-state index in [1.54, 1.807) is 43.0 Å². The number of fused-ring (bicyclic) bond motifs is 1. The lowest BCUT2D eigenvalue weighted by atomic mass is 10.1. The van der Waals surface area contributed by atoms with Crippen molar-refractivity contribution in [3.63, 3.8) is 0 Å². The number of benzene rings is 2. The summed E-state index contributed by atoms with van der Waals surface area (Å²) in [6.45, 7) is 3.83. The maximum absolute atomic E-state index is 12.8. The molecular formula is C23H22N4O4S. The number of rotatable bonds is 6. The molecule has 0 aliphatic carbocycles. The first kappa shape index (κ1) is 21.8. The largest absolute Gasteiger partial charge is 0.465 e. The van der Waals surface area contributed by atoms with Crippen LogP contribution in [0.1, 0.15) is 34.6 Å². The molecule has 0 radical (unpaired) electrons. The van der Waals surface area contributed by atoms with Crippen LogP contribution in [-0.4, -0.2) is 58.5 Å². The van der Waals surface area contributed by atoms with E-state index in [9.17, 15) is 14.4 Å². The smallest absolute Gasteiger partial charge is 0.326 e. The highest BCUT2D eigenvalue weighted by Crippen LogP contribution is 2.28. The van der Waals surface area contributed by atoms with Gasteiger partial charge in [0.15, 0.2) is 5.17 Å². The molecule has 2 aliphatic heterocycles. The number of nitrogens with zero attached hydrogens (tertiary/aromatic N) is 4. The highest BCUT2D eigenvalue weighted by Gasteiger charge is 2.40. The topological polar surface area (TPSA) is 91.6 Å². The molecule has 0 saturated heterocycles. The Hall–Kier alpha value is -3.46.